The number of alkyl carbamates (subject to hydrolysis) is 1. The molecule has 0 bridgehead atoms. The molecule has 0 aliphatic heterocycles. The largest absolute Gasteiger partial charge is 0.479 e. The molecule has 0 radical (unpaired) electrons. The molecule has 0 aromatic heterocycles. The van der Waals surface area contributed by atoms with E-state index in [1.165, 1.54) is 7.11 Å². The summed E-state index contributed by atoms with van der Waals surface area (Å²) in [5, 5.41) is 15.4. The number of amides is 1. The maximum absolute atomic E-state index is 11.8. The molecule has 0 heterocycles. The van der Waals surface area contributed by atoms with Crippen molar-refractivity contribution >= 4 is 33.6 Å². The summed E-state index contributed by atoms with van der Waals surface area (Å²) < 4.78 is 4.56. The van der Waals surface area contributed by atoms with E-state index in [0.29, 0.717) is 5.56 Å². The fraction of sp³-hybridized carbons (Fsp3) is 0.111. The Balaban J connectivity index is 2.34. The van der Waals surface area contributed by atoms with E-state index in [1.807, 2.05) is 54.6 Å². The van der Waals surface area contributed by atoms with Crippen LogP contribution < -0.4 is 5.32 Å². The molecule has 1 atom stereocenters. The van der Waals surface area contributed by atoms with Gasteiger partial charge in [-0.05, 0) is 27.6 Å². The highest BCUT2D eigenvalue weighted by molar-refractivity contribution is 6.05. The number of carbonyl (C=O) groups is 2. The molecule has 5 heteroatoms. The summed E-state index contributed by atoms with van der Waals surface area (Å²) in [6, 6.07) is 15.8. The van der Waals surface area contributed by atoms with Gasteiger partial charge in [-0.25, -0.2) is 9.59 Å². The predicted octanol–water partition coefficient (Wildman–Crippen LogP) is 3.47. The van der Waals surface area contributed by atoms with Gasteiger partial charge in [0.05, 0.1) is 7.11 Å². The smallest absolute Gasteiger partial charge is 0.407 e. The molecule has 0 saturated carbocycles. The average molecular weight is 309 g/mol. The van der Waals surface area contributed by atoms with Crippen LogP contribution in [-0.2, 0) is 9.53 Å². The van der Waals surface area contributed by atoms with Crippen LogP contribution in [-0.4, -0.2) is 24.3 Å². The van der Waals surface area contributed by atoms with Gasteiger partial charge in [-0.1, -0.05) is 48.5 Å². The van der Waals surface area contributed by atoms with E-state index < -0.39 is 18.1 Å². The van der Waals surface area contributed by atoms with Gasteiger partial charge in [-0.3, -0.25) is 0 Å². The van der Waals surface area contributed by atoms with E-state index in [9.17, 15) is 14.7 Å². The highest BCUT2D eigenvalue weighted by Crippen LogP contribution is 2.33. The Hall–Kier alpha value is -3.08. The van der Waals surface area contributed by atoms with Gasteiger partial charge in [0.1, 0.15) is 0 Å². The second-order valence-electron chi connectivity index (χ2n) is 5.14. The van der Waals surface area contributed by atoms with Crippen LogP contribution in [0.25, 0.3) is 21.5 Å². The van der Waals surface area contributed by atoms with Crippen LogP contribution in [0, 0.1) is 0 Å². The molecular formula is C18H15NO4. The van der Waals surface area contributed by atoms with E-state index in [0.717, 1.165) is 21.5 Å². The lowest BCUT2D eigenvalue weighted by atomic mass is 9.92. The number of benzene rings is 3. The Bertz CT molecular complexity index is 850. The molecule has 0 aliphatic carbocycles. The molecule has 1 unspecified atom stereocenters. The minimum Gasteiger partial charge on any atom is -0.479 e. The summed E-state index contributed by atoms with van der Waals surface area (Å²) >= 11 is 0. The van der Waals surface area contributed by atoms with Crippen molar-refractivity contribution in [2.75, 3.05) is 7.11 Å². The molecule has 1 amide bonds. The van der Waals surface area contributed by atoms with E-state index in [-0.39, 0.29) is 0 Å². The van der Waals surface area contributed by atoms with Gasteiger partial charge in [0.15, 0.2) is 6.04 Å². The molecule has 0 fully saturated rings. The van der Waals surface area contributed by atoms with Crippen molar-refractivity contribution in [3.8, 4) is 0 Å². The Morgan fingerprint density at radius 2 is 1.52 bits per heavy atom. The molecule has 0 aliphatic rings. The van der Waals surface area contributed by atoms with Crippen LogP contribution in [0.4, 0.5) is 4.79 Å². The van der Waals surface area contributed by atoms with Gasteiger partial charge in [-0.15, -0.1) is 0 Å². The van der Waals surface area contributed by atoms with Crippen LogP contribution in [0.3, 0.4) is 0 Å². The normalized spacial score (nSPS) is 12.0. The van der Waals surface area contributed by atoms with Crippen LogP contribution in [0.1, 0.15) is 11.6 Å². The first kappa shape index (κ1) is 14.8. The minimum absolute atomic E-state index is 0.552. The summed E-state index contributed by atoms with van der Waals surface area (Å²) in [7, 11) is 1.20. The highest BCUT2D eigenvalue weighted by Gasteiger charge is 2.26. The van der Waals surface area contributed by atoms with Crippen molar-refractivity contribution in [3.63, 3.8) is 0 Å². The quantitative estimate of drug-likeness (QED) is 0.726. The van der Waals surface area contributed by atoms with E-state index in [2.05, 4.69) is 10.1 Å². The molecule has 5 nitrogen and oxygen atoms in total. The Kier molecular flexibility index (Phi) is 3.85. The Morgan fingerprint density at radius 1 is 1.00 bits per heavy atom. The molecule has 0 saturated heterocycles. The summed E-state index contributed by atoms with van der Waals surface area (Å²) in [6.45, 7) is 0. The zero-order valence-corrected chi connectivity index (χ0v) is 12.4. The summed E-state index contributed by atoms with van der Waals surface area (Å²) in [5.41, 5.74) is 0.552. The summed E-state index contributed by atoms with van der Waals surface area (Å²) in [6.07, 6.45) is -0.783. The number of methoxy groups -OCH3 is 1. The lowest BCUT2D eigenvalue weighted by molar-refractivity contribution is -0.139. The third kappa shape index (κ3) is 2.68. The molecule has 2 N–H and O–H groups in total. The van der Waals surface area contributed by atoms with Crippen LogP contribution in [0.2, 0.25) is 0 Å². The number of hydrogen-bond donors (Lipinski definition) is 2. The maximum atomic E-state index is 11.8. The highest BCUT2D eigenvalue weighted by atomic mass is 16.5. The van der Waals surface area contributed by atoms with Crippen LogP contribution in [0.15, 0.2) is 54.6 Å². The van der Waals surface area contributed by atoms with Crippen molar-refractivity contribution in [1.82, 2.24) is 5.32 Å². The SMILES string of the molecule is COC(=O)NC(C(=O)O)c1c2ccccc2cc2ccccc12. The van der Waals surface area contributed by atoms with Gasteiger partial charge in [-0.2, -0.15) is 0 Å². The number of fused-ring (bicyclic) bond motifs is 2. The molecule has 3 rings (SSSR count). The zero-order valence-electron chi connectivity index (χ0n) is 12.4. The van der Waals surface area contributed by atoms with Crippen molar-refractivity contribution in [3.05, 3.63) is 60.2 Å². The van der Waals surface area contributed by atoms with Gasteiger partial charge >= 0.3 is 12.1 Å². The number of carboxylic acid groups (broad SMARTS) is 1. The summed E-state index contributed by atoms with van der Waals surface area (Å²) in [5.74, 6) is -1.14. The molecular weight excluding hydrogens is 294 g/mol. The molecule has 116 valence electrons. The van der Waals surface area contributed by atoms with Crippen molar-refractivity contribution in [2.45, 2.75) is 6.04 Å². The van der Waals surface area contributed by atoms with Crippen molar-refractivity contribution < 1.29 is 19.4 Å². The maximum Gasteiger partial charge on any atom is 0.407 e. The van der Waals surface area contributed by atoms with Crippen LogP contribution >= 0.6 is 0 Å². The van der Waals surface area contributed by atoms with E-state index in [1.54, 1.807) is 0 Å². The second-order valence-corrected chi connectivity index (χ2v) is 5.14. The van der Waals surface area contributed by atoms with Gasteiger partial charge in [0.25, 0.3) is 0 Å². The molecule has 0 spiro atoms. The monoisotopic (exact) mass is 309 g/mol. The van der Waals surface area contributed by atoms with E-state index >= 15 is 0 Å². The van der Waals surface area contributed by atoms with Gasteiger partial charge in [0.2, 0.25) is 0 Å². The van der Waals surface area contributed by atoms with Crippen LogP contribution in [0.5, 0.6) is 0 Å². The lowest BCUT2D eigenvalue weighted by Crippen LogP contribution is -2.33. The van der Waals surface area contributed by atoms with Crippen molar-refractivity contribution in [2.24, 2.45) is 0 Å². The number of rotatable bonds is 3. The lowest BCUT2D eigenvalue weighted by Gasteiger charge is -2.19. The topological polar surface area (TPSA) is 75.6 Å². The average Bonchev–Trinajstić information content (AvgIpc) is 2.57. The van der Waals surface area contributed by atoms with Crippen molar-refractivity contribution in [1.29, 1.82) is 0 Å². The number of carbonyl (C=O) groups excluding carboxylic acids is 1. The second kappa shape index (κ2) is 5.96. The molecule has 3 aromatic rings. The summed E-state index contributed by atoms with van der Waals surface area (Å²) in [4.78, 5) is 23.3. The Labute approximate surface area is 132 Å². The molecule has 3 aromatic carbocycles. The van der Waals surface area contributed by atoms with Gasteiger partial charge in [0, 0.05) is 5.56 Å². The first-order valence-corrected chi connectivity index (χ1v) is 7.09. The number of ether oxygens (including phenoxy) is 1. The first-order chi connectivity index (χ1) is 11.1. The third-order valence-electron chi connectivity index (χ3n) is 3.80. The standard InChI is InChI=1S/C18H15NO4/c1-23-18(22)19-16(17(20)21)15-13-8-4-2-6-11(13)10-12-7-3-5-9-14(12)15/h2-10,16H,1H3,(H,19,22)(H,20,21). The zero-order chi connectivity index (χ0) is 16.4. The third-order valence-corrected chi connectivity index (χ3v) is 3.80. The first-order valence-electron chi connectivity index (χ1n) is 7.09. The number of aliphatic carboxylic acids is 1. The van der Waals surface area contributed by atoms with Gasteiger partial charge < -0.3 is 15.2 Å². The number of hydrogen-bond acceptors (Lipinski definition) is 3. The number of carboxylic acids is 1. The number of nitrogens with one attached hydrogen (secondary N) is 1. The van der Waals surface area contributed by atoms with E-state index in [4.69, 9.17) is 0 Å². The minimum atomic E-state index is -1.20. The Morgan fingerprint density at radius 3 is 2.00 bits per heavy atom. The predicted molar refractivity (Wildman–Crippen MR) is 87.4 cm³/mol. The fourth-order valence-electron chi connectivity index (χ4n) is 2.79. The fourth-order valence-corrected chi connectivity index (χ4v) is 2.79. The molecule has 23 heavy (non-hydrogen) atoms.